The number of rotatable bonds is 8. The molecule has 0 aliphatic rings. The molecule has 0 rings (SSSR count). The largest absolute Gasteiger partial charge is 0.388 e. The van der Waals surface area contributed by atoms with E-state index < -0.39 is 10.2 Å². The van der Waals surface area contributed by atoms with E-state index in [0.29, 0.717) is 25.9 Å². The molecule has 0 spiro atoms. The highest BCUT2D eigenvalue weighted by atomic mass is 32.2. The fourth-order valence-electron chi connectivity index (χ4n) is 0.813. The summed E-state index contributed by atoms with van der Waals surface area (Å²) in [6.45, 7) is 4.57. The van der Waals surface area contributed by atoms with E-state index >= 15 is 0 Å². The Bertz CT molecular complexity index is 287. The van der Waals surface area contributed by atoms with Gasteiger partial charge >= 0.3 is 0 Å². The Hall–Kier alpha value is -0.660. The van der Waals surface area contributed by atoms with E-state index in [1.807, 2.05) is 13.8 Å². The highest BCUT2D eigenvalue weighted by molar-refractivity contribution is 7.87. The zero-order valence-electron chi connectivity index (χ0n) is 9.21. The maximum absolute atomic E-state index is 11.3. The number of amidine groups is 1. The fourth-order valence-corrected chi connectivity index (χ4v) is 1.88. The van der Waals surface area contributed by atoms with Gasteiger partial charge in [-0.2, -0.15) is 8.42 Å². The molecule has 0 amide bonds. The van der Waals surface area contributed by atoms with Gasteiger partial charge in [0.15, 0.2) is 0 Å². The minimum atomic E-state index is -3.39. The summed E-state index contributed by atoms with van der Waals surface area (Å²) in [5.41, 5.74) is 5.13. The first-order valence-corrected chi connectivity index (χ1v) is 6.39. The van der Waals surface area contributed by atoms with Crippen LogP contribution in [0.25, 0.3) is 0 Å². The molecule has 0 heterocycles. The van der Waals surface area contributed by atoms with Crippen molar-refractivity contribution in [2.24, 2.45) is 11.7 Å². The van der Waals surface area contributed by atoms with Crippen molar-refractivity contribution in [1.82, 2.24) is 9.44 Å². The van der Waals surface area contributed by atoms with E-state index in [-0.39, 0.29) is 11.8 Å². The predicted octanol–water partition coefficient (Wildman–Crippen LogP) is -0.217. The quantitative estimate of drug-likeness (QED) is 0.266. The fraction of sp³-hybridized carbons (Fsp3) is 0.875. The summed E-state index contributed by atoms with van der Waals surface area (Å²) in [6, 6.07) is 0. The Morgan fingerprint density at radius 2 is 2.00 bits per heavy atom. The van der Waals surface area contributed by atoms with Crippen molar-refractivity contribution in [2.75, 3.05) is 13.1 Å². The first kappa shape index (κ1) is 14.3. The van der Waals surface area contributed by atoms with Crippen molar-refractivity contribution in [2.45, 2.75) is 26.7 Å². The maximum atomic E-state index is 11.3. The summed E-state index contributed by atoms with van der Waals surface area (Å²) in [5, 5.41) is 6.95. The summed E-state index contributed by atoms with van der Waals surface area (Å²) >= 11 is 0. The minimum absolute atomic E-state index is 0.0735. The van der Waals surface area contributed by atoms with Gasteiger partial charge in [-0.25, -0.2) is 9.44 Å². The second-order valence-electron chi connectivity index (χ2n) is 3.77. The van der Waals surface area contributed by atoms with Crippen LogP contribution >= 0.6 is 0 Å². The molecule has 6 nitrogen and oxygen atoms in total. The number of nitrogens with one attached hydrogen (secondary N) is 3. The van der Waals surface area contributed by atoms with Crippen LogP contribution in [0.2, 0.25) is 0 Å². The van der Waals surface area contributed by atoms with Crippen molar-refractivity contribution in [3.63, 3.8) is 0 Å². The van der Waals surface area contributed by atoms with E-state index in [1.165, 1.54) is 0 Å². The van der Waals surface area contributed by atoms with Crippen molar-refractivity contribution >= 4 is 16.0 Å². The van der Waals surface area contributed by atoms with Gasteiger partial charge in [-0.3, -0.25) is 5.41 Å². The molecule has 0 aromatic rings. The van der Waals surface area contributed by atoms with Gasteiger partial charge in [-0.15, -0.1) is 0 Å². The van der Waals surface area contributed by atoms with Gasteiger partial charge in [0, 0.05) is 19.5 Å². The van der Waals surface area contributed by atoms with Crippen molar-refractivity contribution in [3.05, 3.63) is 0 Å². The highest BCUT2D eigenvalue weighted by Crippen LogP contribution is 1.90. The van der Waals surface area contributed by atoms with Crippen LogP contribution in [0.3, 0.4) is 0 Å². The second kappa shape index (κ2) is 6.76. The molecule has 90 valence electrons. The van der Waals surface area contributed by atoms with Crippen LogP contribution in [0, 0.1) is 11.3 Å². The van der Waals surface area contributed by atoms with Crippen LogP contribution in [0.4, 0.5) is 0 Å². The Morgan fingerprint density at radius 3 is 2.47 bits per heavy atom. The molecular formula is C8H20N4O2S. The lowest BCUT2D eigenvalue weighted by molar-refractivity contribution is 0.546. The molecule has 0 aliphatic carbocycles. The average Bonchev–Trinajstić information content (AvgIpc) is 2.09. The van der Waals surface area contributed by atoms with Crippen molar-refractivity contribution < 1.29 is 8.42 Å². The third-order valence-electron chi connectivity index (χ3n) is 1.60. The summed E-state index contributed by atoms with van der Waals surface area (Å²) in [7, 11) is -3.39. The van der Waals surface area contributed by atoms with Gasteiger partial charge in [0.05, 0.1) is 5.84 Å². The van der Waals surface area contributed by atoms with Gasteiger partial charge in [0.1, 0.15) is 0 Å². The van der Waals surface area contributed by atoms with Crippen LogP contribution in [0.15, 0.2) is 0 Å². The third kappa shape index (κ3) is 9.64. The number of hydrogen-bond acceptors (Lipinski definition) is 3. The van der Waals surface area contributed by atoms with Crippen LogP contribution in [0.5, 0.6) is 0 Å². The monoisotopic (exact) mass is 236 g/mol. The summed E-state index contributed by atoms with van der Waals surface area (Å²) in [6.07, 6.45) is 0.949. The van der Waals surface area contributed by atoms with E-state index in [1.54, 1.807) is 0 Å². The summed E-state index contributed by atoms with van der Waals surface area (Å²) in [5.74, 6) is 0.350. The van der Waals surface area contributed by atoms with E-state index in [2.05, 4.69) is 9.44 Å². The van der Waals surface area contributed by atoms with Crippen LogP contribution in [-0.2, 0) is 10.2 Å². The highest BCUT2D eigenvalue weighted by Gasteiger charge is 2.08. The Balaban J connectivity index is 3.70. The first-order valence-electron chi connectivity index (χ1n) is 4.90. The summed E-state index contributed by atoms with van der Waals surface area (Å²) < 4.78 is 27.3. The lowest BCUT2D eigenvalue weighted by atomic mass is 10.2. The first-order chi connectivity index (χ1) is 6.83. The molecule has 0 unspecified atom stereocenters. The maximum Gasteiger partial charge on any atom is 0.276 e. The minimum Gasteiger partial charge on any atom is -0.388 e. The molecule has 0 fully saturated rings. The summed E-state index contributed by atoms with van der Waals surface area (Å²) in [4.78, 5) is 0. The molecule has 15 heavy (non-hydrogen) atoms. The molecule has 0 aliphatic heterocycles. The molecule has 0 aromatic carbocycles. The Morgan fingerprint density at radius 1 is 1.40 bits per heavy atom. The predicted molar refractivity (Wildman–Crippen MR) is 60.9 cm³/mol. The topological polar surface area (TPSA) is 108 Å². The molecule has 0 saturated carbocycles. The standard InChI is InChI=1S/C8H20N4O2S/c1-7(2)6-12-15(13,14)11-5-3-4-8(9)10/h7,11-12H,3-6H2,1-2H3,(H3,9,10). The smallest absolute Gasteiger partial charge is 0.276 e. The van der Waals surface area contributed by atoms with Crippen molar-refractivity contribution in [3.8, 4) is 0 Å². The lowest BCUT2D eigenvalue weighted by Crippen LogP contribution is -2.38. The van der Waals surface area contributed by atoms with E-state index in [4.69, 9.17) is 11.1 Å². The van der Waals surface area contributed by atoms with Gasteiger partial charge in [0.2, 0.25) is 0 Å². The van der Waals surface area contributed by atoms with Gasteiger partial charge in [-0.1, -0.05) is 13.8 Å². The van der Waals surface area contributed by atoms with Gasteiger partial charge in [0.25, 0.3) is 10.2 Å². The van der Waals surface area contributed by atoms with Crippen LogP contribution < -0.4 is 15.2 Å². The molecule has 5 N–H and O–H groups in total. The van der Waals surface area contributed by atoms with E-state index in [9.17, 15) is 8.42 Å². The molecule has 0 radical (unpaired) electrons. The average molecular weight is 236 g/mol. The van der Waals surface area contributed by atoms with Crippen LogP contribution in [-0.4, -0.2) is 27.3 Å². The second-order valence-corrected chi connectivity index (χ2v) is 5.35. The van der Waals surface area contributed by atoms with E-state index in [0.717, 1.165) is 0 Å². The molecule has 0 bridgehead atoms. The zero-order valence-corrected chi connectivity index (χ0v) is 10.0. The Labute approximate surface area is 91.3 Å². The molecule has 0 atom stereocenters. The van der Waals surface area contributed by atoms with Crippen LogP contribution in [0.1, 0.15) is 26.7 Å². The molecular weight excluding hydrogens is 216 g/mol. The zero-order chi connectivity index (χ0) is 11.9. The SMILES string of the molecule is CC(C)CNS(=O)(=O)NCCCC(=N)N. The van der Waals surface area contributed by atoms with Crippen molar-refractivity contribution in [1.29, 1.82) is 5.41 Å². The van der Waals surface area contributed by atoms with Gasteiger partial charge in [-0.05, 0) is 12.3 Å². The van der Waals surface area contributed by atoms with Gasteiger partial charge < -0.3 is 5.73 Å². The Kier molecular flexibility index (Phi) is 6.46. The number of hydrogen-bond donors (Lipinski definition) is 4. The third-order valence-corrected chi connectivity index (χ3v) is 2.73. The molecule has 0 aromatic heterocycles. The normalized spacial score (nSPS) is 11.9. The lowest BCUT2D eigenvalue weighted by Gasteiger charge is -2.09. The molecule has 7 heteroatoms. The molecule has 0 saturated heterocycles. The number of nitrogens with two attached hydrogens (primary N) is 1.